The molecule has 0 saturated carbocycles. The summed E-state index contributed by atoms with van der Waals surface area (Å²) in [5.41, 5.74) is 1.49. The molecule has 1 atom stereocenters. The molecule has 2 aromatic carbocycles. The molecule has 136 valence electrons. The molecule has 2 aliphatic heterocycles. The second-order valence-electron chi connectivity index (χ2n) is 6.22. The zero-order valence-corrected chi connectivity index (χ0v) is 14.7. The predicted octanol–water partition coefficient (Wildman–Crippen LogP) is 1.69. The molecule has 1 unspecified atom stereocenters. The van der Waals surface area contributed by atoms with Gasteiger partial charge in [-0.3, -0.25) is 4.79 Å². The van der Waals surface area contributed by atoms with Gasteiger partial charge in [0.1, 0.15) is 12.7 Å². The number of rotatable bonds is 4. The SMILES string of the molecule is O=C1CCc2cc(S(=O)(=O)NCC3COc4ccccc4O3)ccc2N1. The molecule has 2 aromatic rings. The molecular weight excluding hydrogens is 356 g/mol. The Hall–Kier alpha value is -2.58. The monoisotopic (exact) mass is 374 g/mol. The van der Waals surface area contributed by atoms with Crippen molar-refractivity contribution in [1.29, 1.82) is 0 Å². The molecule has 2 N–H and O–H groups in total. The summed E-state index contributed by atoms with van der Waals surface area (Å²) in [5, 5.41) is 2.74. The maximum absolute atomic E-state index is 12.6. The quantitative estimate of drug-likeness (QED) is 0.849. The van der Waals surface area contributed by atoms with Gasteiger partial charge >= 0.3 is 0 Å². The second-order valence-corrected chi connectivity index (χ2v) is 7.98. The van der Waals surface area contributed by atoms with E-state index in [1.54, 1.807) is 18.2 Å². The number of sulfonamides is 1. The van der Waals surface area contributed by atoms with Crippen molar-refractivity contribution in [2.45, 2.75) is 23.8 Å². The normalized spacial score (nSPS) is 18.8. The number of carbonyl (C=O) groups is 1. The van der Waals surface area contributed by atoms with Gasteiger partial charge in [-0.05, 0) is 42.3 Å². The Morgan fingerprint density at radius 2 is 1.92 bits per heavy atom. The maximum atomic E-state index is 12.6. The van der Waals surface area contributed by atoms with E-state index in [0.717, 1.165) is 5.56 Å². The van der Waals surface area contributed by atoms with Crippen molar-refractivity contribution >= 4 is 21.6 Å². The van der Waals surface area contributed by atoms with Crippen molar-refractivity contribution in [3.8, 4) is 11.5 Å². The minimum atomic E-state index is -3.68. The number of hydrogen-bond donors (Lipinski definition) is 2. The van der Waals surface area contributed by atoms with Crippen molar-refractivity contribution in [3.05, 3.63) is 48.0 Å². The van der Waals surface area contributed by atoms with Crippen molar-refractivity contribution in [3.63, 3.8) is 0 Å². The molecule has 4 rings (SSSR count). The van der Waals surface area contributed by atoms with E-state index >= 15 is 0 Å². The van der Waals surface area contributed by atoms with E-state index in [0.29, 0.717) is 30.0 Å². The Morgan fingerprint density at radius 3 is 2.77 bits per heavy atom. The Bertz CT molecular complexity index is 958. The summed E-state index contributed by atoms with van der Waals surface area (Å²) in [5.74, 6) is 1.21. The molecule has 7 nitrogen and oxygen atoms in total. The zero-order valence-electron chi connectivity index (χ0n) is 13.9. The minimum Gasteiger partial charge on any atom is -0.486 e. The van der Waals surface area contributed by atoms with Gasteiger partial charge in [0.05, 0.1) is 11.4 Å². The number of carbonyl (C=O) groups excluding carboxylic acids is 1. The van der Waals surface area contributed by atoms with Crippen LogP contribution in [0.4, 0.5) is 5.69 Å². The lowest BCUT2D eigenvalue weighted by Crippen LogP contribution is -2.40. The number of ether oxygens (including phenoxy) is 2. The molecule has 0 saturated heterocycles. The number of benzene rings is 2. The molecule has 2 aliphatic rings. The third kappa shape index (κ3) is 3.38. The summed E-state index contributed by atoms with van der Waals surface area (Å²) in [6, 6.07) is 12.0. The summed E-state index contributed by atoms with van der Waals surface area (Å²) in [6.07, 6.45) is 0.480. The fraction of sp³-hybridized carbons (Fsp3) is 0.278. The first-order valence-corrected chi connectivity index (χ1v) is 9.80. The van der Waals surface area contributed by atoms with Crippen LogP contribution >= 0.6 is 0 Å². The van der Waals surface area contributed by atoms with E-state index in [1.807, 2.05) is 18.2 Å². The average molecular weight is 374 g/mol. The first-order chi connectivity index (χ1) is 12.5. The van der Waals surface area contributed by atoms with Gasteiger partial charge in [-0.2, -0.15) is 0 Å². The van der Waals surface area contributed by atoms with E-state index in [9.17, 15) is 13.2 Å². The van der Waals surface area contributed by atoms with E-state index < -0.39 is 16.1 Å². The Balaban J connectivity index is 1.44. The van der Waals surface area contributed by atoms with Gasteiger partial charge in [0.25, 0.3) is 0 Å². The van der Waals surface area contributed by atoms with Gasteiger partial charge in [-0.15, -0.1) is 0 Å². The standard InChI is InChI=1S/C18H18N2O5S/c21-18-8-5-12-9-14(6-7-15(12)20-18)26(22,23)19-10-13-11-24-16-3-1-2-4-17(16)25-13/h1-4,6-7,9,13,19H,5,8,10-11H2,(H,20,21). The van der Waals surface area contributed by atoms with Crippen molar-refractivity contribution in [2.75, 3.05) is 18.5 Å². The highest BCUT2D eigenvalue weighted by Crippen LogP contribution is 2.31. The molecule has 1 amide bonds. The van der Waals surface area contributed by atoms with Crippen LogP contribution in [0.3, 0.4) is 0 Å². The molecule has 0 bridgehead atoms. The lowest BCUT2D eigenvalue weighted by molar-refractivity contribution is -0.116. The summed E-state index contributed by atoms with van der Waals surface area (Å²) < 4.78 is 39.1. The highest BCUT2D eigenvalue weighted by molar-refractivity contribution is 7.89. The van der Waals surface area contributed by atoms with Gasteiger partial charge in [-0.25, -0.2) is 13.1 Å². The van der Waals surface area contributed by atoms with Crippen molar-refractivity contribution in [1.82, 2.24) is 4.72 Å². The van der Waals surface area contributed by atoms with Crippen LogP contribution in [-0.4, -0.2) is 33.6 Å². The van der Waals surface area contributed by atoms with E-state index in [-0.39, 0.29) is 24.0 Å². The van der Waals surface area contributed by atoms with Gasteiger partial charge in [0, 0.05) is 12.1 Å². The van der Waals surface area contributed by atoms with Gasteiger partial charge in [0.2, 0.25) is 15.9 Å². The smallest absolute Gasteiger partial charge is 0.240 e. The first kappa shape index (κ1) is 16.9. The summed E-state index contributed by atoms with van der Waals surface area (Å²) in [6.45, 7) is 0.375. The number of aryl methyl sites for hydroxylation is 1. The van der Waals surface area contributed by atoms with Crippen molar-refractivity contribution in [2.24, 2.45) is 0 Å². The molecule has 0 radical (unpaired) electrons. The lowest BCUT2D eigenvalue weighted by atomic mass is 10.0. The van der Waals surface area contributed by atoms with Crippen LogP contribution < -0.4 is 19.5 Å². The second kappa shape index (κ2) is 6.62. The predicted molar refractivity (Wildman–Crippen MR) is 94.9 cm³/mol. The van der Waals surface area contributed by atoms with E-state index in [4.69, 9.17) is 9.47 Å². The highest BCUT2D eigenvalue weighted by Gasteiger charge is 2.24. The summed E-state index contributed by atoms with van der Waals surface area (Å²) in [4.78, 5) is 11.6. The Morgan fingerprint density at radius 1 is 1.12 bits per heavy atom. The molecule has 0 fully saturated rings. The molecule has 0 aliphatic carbocycles. The third-order valence-corrected chi connectivity index (χ3v) is 5.77. The fourth-order valence-corrected chi connectivity index (χ4v) is 4.09. The van der Waals surface area contributed by atoms with Gasteiger partial charge in [-0.1, -0.05) is 12.1 Å². The average Bonchev–Trinajstić information content (AvgIpc) is 2.66. The van der Waals surface area contributed by atoms with Crippen molar-refractivity contribution < 1.29 is 22.7 Å². The van der Waals surface area contributed by atoms with Crippen LogP contribution in [0.25, 0.3) is 0 Å². The maximum Gasteiger partial charge on any atom is 0.240 e. The van der Waals surface area contributed by atoms with E-state index in [1.165, 1.54) is 6.07 Å². The number of nitrogens with one attached hydrogen (secondary N) is 2. The number of para-hydroxylation sites is 2. The lowest BCUT2D eigenvalue weighted by Gasteiger charge is -2.26. The molecular formula is C18H18N2O5S. The highest BCUT2D eigenvalue weighted by atomic mass is 32.2. The fourth-order valence-electron chi connectivity index (χ4n) is 2.98. The molecule has 8 heteroatoms. The molecule has 0 aromatic heterocycles. The molecule has 0 spiro atoms. The topological polar surface area (TPSA) is 93.7 Å². The van der Waals surface area contributed by atoms with Gasteiger partial charge < -0.3 is 14.8 Å². The third-order valence-electron chi connectivity index (χ3n) is 4.35. The minimum absolute atomic E-state index is 0.0547. The number of fused-ring (bicyclic) bond motifs is 2. The van der Waals surface area contributed by atoms with Crippen LogP contribution in [0.5, 0.6) is 11.5 Å². The number of anilines is 1. The molecule has 2 heterocycles. The Kier molecular flexibility index (Phi) is 4.29. The van der Waals surface area contributed by atoms with Crippen LogP contribution in [0.15, 0.2) is 47.4 Å². The zero-order chi connectivity index (χ0) is 18.1. The van der Waals surface area contributed by atoms with Gasteiger partial charge in [0.15, 0.2) is 11.5 Å². The Labute approximate surface area is 151 Å². The molecule has 26 heavy (non-hydrogen) atoms. The summed E-state index contributed by atoms with van der Waals surface area (Å²) in [7, 11) is -3.68. The first-order valence-electron chi connectivity index (χ1n) is 8.32. The van der Waals surface area contributed by atoms with E-state index in [2.05, 4.69) is 10.0 Å². The number of hydrogen-bond acceptors (Lipinski definition) is 5. The van der Waals surface area contributed by atoms with Crippen LogP contribution in [0, 0.1) is 0 Å². The van der Waals surface area contributed by atoms with Crippen LogP contribution in [-0.2, 0) is 21.2 Å². The van der Waals surface area contributed by atoms with Crippen LogP contribution in [0.1, 0.15) is 12.0 Å². The largest absolute Gasteiger partial charge is 0.486 e. The summed E-state index contributed by atoms with van der Waals surface area (Å²) >= 11 is 0. The number of amides is 1. The van der Waals surface area contributed by atoms with Crippen LogP contribution in [0.2, 0.25) is 0 Å².